The van der Waals surface area contributed by atoms with Crippen LogP contribution >= 0.6 is 23.4 Å². The van der Waals surface area contributed by atoms with E-state index in [4.69, 9.17) is 22.1 Å². The number of nitrogens with one attached hydrogen (secondary N) is 1. The van der Waals surface area contributed by atoms with E-state index in [0.717, 1.165) is 23.8 Å². The zero-order valence-electron chi connectivity index (χ0n) is 20.7. The van der Waals surface area contributed by atoms with Gasteiger partial charge in [0.05, 0.1) is 6.04 Å². The van der Waals surface area contributed by atoms with Crippen molar-refractivity contribution in [2.45, 2.75) is 30.0 Å². The Bertz CT molecular complexity index is 1360. The Morgan fingerprint density at radius 3 is 2.27 bits per heavy atom. The van der Waals surface area contributed by atoms with Crippen molar-refractivity contribution in [2.24, 2.45) is 11.1 Å². The first-order valence-corrected chi connectivity index (χ1v) is 13.0. The number of carboxylic acid groups (broad SMARTS) is 2. The molecule has 1 unspecified atom stereocenters. The number of methoxy groups -OCH3 is 1. The van der Waals surface area contributed by atoms with Crippen LogP contribution in [0.15, 0.2) is 35.5 Å². The van der Waals surface area contributed by atoms with E-state index in [1.165, 1.54) is 24.3 Å². The van der Waals surface area contributed by atoms with E-state index < -0.39 is 88.4 Å². The average Bonchev–Trinajstić information content (AvgIpc) is 3.14. The minimum absolute atomic E-state index is 0.0147. The molecule has 1 saturated heterocycles. The van der Waals surface area contributed by atoms with E-state index in [1.54, 1.807) is 0 Å². The molecule has 1 aliphatic carbocycles. The van der Waals surface area contributed by atoms with Crippen molar-refractivity contribution in [3.8, 4) is 0 Å². The monoisotopic (exact) mass is 595 g/mol. The molecule has 0 radical (unpaired) electrons. The van der Waals surface area contributed by atoms with Crippen LogP contribution in [0.4, 0.5) is 4.79 Å². The van der Waals surface area contributed by atoms with Gasteiger partial charge in [0, 0.05) is 41.2 Å². The Hall–Kier alpha value is -3.79. The standard InChI is InChI=1S/C24H22ClN3O11S/c1-38-24(19(34)28-14(18(32)33)10(8-39-22(25)37)9-40-20(24)28)27-17(31)13(26)6-7-23(21(35)36)15(29)11-4-2-3-5-12(11)16(23)30/h2-5,13,20H,6-9,26H2,1H3,(H,27,31)(H,32,33)(H,35,36)/t13?,20-,24-/m0/s1. The minimum atomic E-state index is -2.45. The number of halogens is 1. The number of hydrogen-bond acceptors (Lipinski definition) is 11. The summed E-state index contributed by atoms with van der Waals surface area (Å²) in [6.07, 6.45) is -1.01. The van der Waals surface area contributed by atoms with Crippen molar-refractivity contribution in [3.05, 3.63) is 46.7 Å². The number of benzene rings is 1. The zero-order valence-corrected chi connectivity index (χ0v) is 22.2. The highest BCUT2D eigenvalue weighted by atomic mass is 35.5. The topological polar surface area (TPSA) is 220 Å². The number of aliphatic carboxylic acids is 2. The lowest BCUT2D eigenvalue weighted by Gasteiger charge is -2.55. The Morgan fingerprint density at radius 2 is 1.77 bits per heavy atom. The number of ether oxygens (including phenoxy) is 2. The number of thioether (sulfide) groups is 1. The van der Waals surface area contributed by atoms with Gasteiger partial charge in [-0.1, -0.05) is 24.3 Å². The summed E-state index contributed by atoms with van der Waals surface area (Å²) in [5.41, 5.74) is -0.0898. The summed E-state index contributed by atoms with van der Waals surface area (Å²) in [5, 5.41) is 20.9. The molecule has 40 heavy (non-hydrogen) atoms. The van der Waals surface area contributed by atoms with Crippen LogP contribution in [0.25, 0.3) is 0 Å². The van der Waals surface area contributed by atoms with Crippen LogP contribution in [0.3, 0.4) is 0 Å². The fraction of sp³-hybridized carbons (Fsp3) is 0.375. The summed E-state index contributed by atoms with van der Waals surface area (Å²) < 4.78 is 9.98. The summed E-state index contributed by atoms with van der Waals surface area (Å²) in [6.45, 7) is -0.475. The molecule has 3 atom stereocenters. The average molecular weight is 596 g/mol. The molecule has 1 fully saturated rings. The quantitative estimate of drug-likeness (QED) is 0.124. The molecule has 4 rings (SSSR count). The van der Waals surface area contributed by atoms with Crippen LogP contribution in [-0.4, -0.2) is 92.5 Å². The molecule has 0 saturated carbocycles. The maximum atomic E-state index is 13.2. The fourth-order valence-corrected chi connectivity index (χ4v) is 6.42. The van der Waals surface area contributed by atoms with Crippen LogP contribution in [0, 0.1) is 5.41 Å². The second-order valence-electron chi connectivity index (χ2n) is 9.11. The molecular formula is C24H22ClN3O11S. The van der Waals surface area contributed by atoms with Crippen LogP contribution in [0.1, 0.15) is 33.6 Å². The first kappa shape index (κ1) is 29.2. The first-order valence-electron chi connectivity index (χ1n) is 11.6. The van der Waals surface area contributed by atoms with Crippen LogP contribution in [0.2, 0.25) is 0 Å². The van der Waals surface area contributed by atoms with E-state index in [9.17, 15) is 43.8 Å². The number of rotatable bonds is 10. The van der Waals surface area contributed by atoms with Gasteiger partial charge in [-0.15, -0.1) is 11.8 Å². The second-order valence-corrected chi connectivity index (χ2v) is 10.5. The molecule has 212 valence electrons. The largest absolute Gasteiger partial charge is 0.480 e. The number of nitrogens with zero attached hydrogens (tertiary/aromatic N) is 1. The molecule has 0 aromatic heterocycles. The molecule has 1 aromatic carbocycles. The number of β-lactam (4-membered cyclic amide) rings is 1. The predicted octanol–water partition coefficient (Wildman–Crippen LogP) is 0.332. The number of carbonyl (C=O) groups is 7. The van der Waals surface area contributed by atoms with Crippen LogP contribution in [0.5, 0.6) is 0 Å². The van der Waals surface area contributed by atoms with Crippen molar-refractivity contribution < 1.29 is 53.2 Å². The lowest BCUT2D eigenvalue weighted by Crippen LogP contribution is -2.81. The number of ketones is 2. The van der Waals surface area contributed by atoms with Gasteiger partial charge in [-0.25, -0.2) is 9.59 Å². The number of fused-ring (bicyclic) bond motifs is 2. The Kier molecular flexibility index (Phi) is 7.77. The number of amides is 2. The van der Waals surface area contributed by atoms with E-state index in [0.29, 0.717) is 0 Å². The highest BCUT2D eigenvalue weighted by molar-refractivity contribution is 8.00. The first-order chi connectivity index (χ1) is 18.8. The molecule has 1 aromatic rings. The maximum Gasteiger partial charge on any atom is 0.404 e. The normalized spacial score (nSPS) is 23.6. The second kappa shape index (κ2) is 10.6. The van der Waals surface area contributed by atoms with Crippen LogP contribution in [-0.2, 0) is 28.7 Å². The van der Waals surface area contributed by atoms with Crippen molar-refractivity contribution in [1.82, 2.24) is 10.2 Å². The Labute approximate surface area is 234 Å². The molecule has 16 heteroatoms. The number of Topliss-reactive ketones (excluding diaryl/α,β-unsaturated/α-hetero) is 2. The van der Waals surface area contributed by atoms with E-state index in [1.807, 2.05) is 0 Å². The molecule has 0 bridgehead atoms. The van der Waals surface area contributed by atoms with Crippen LogP contribution < -0.4 is 11.1 Å². The molecule has 3 aliphatic rings. The fourth-order valence-electron chi connectivity index (χ4n) is 4.95. The van der Waals surface area contributed by atoms with Gasteiger partial charge in [0.1, 0.15) is 17.7 Å². The Balaban J connectivity index is 1.50. The minimum Gasteiger partial charge on any atom is -0.480 e. The van der Waals surface area contributed by atoms with E-state index in [2.05, 4.69) is 10.1 Å². The third kappa shape index (κ3) is 4.34. The maximum absolute atomic E-state index is 13.2. The van der Waals surface area contributed by atoms with Gasteiger partial charge in [0.15, 0.2) is 17.0 Å². The van der Waals surface area contributed by atoms with E-state index in [-0.39, 0.29) is 22.5 Å². The summed E-state index contributed by atoms with van der Waals surface area (Å²) in [4.78, 5) is 88.1. The molecule has 2 amide bonds. The molecule has 2 aliphatic heterocycles. The highest BCUT2D eigenvalue weighted by Crippen LogP contribution is 2.47. The SMILES string of the molecule is CO[C@@]1(NC(=O)C(N)CCC2(C(=O)O)C(=O)c3ccccc3C2=O)C(=O)N2C(C(=O)O)=C(COC(=O)Cl)CS[C@H]21. The molecule has 0 spiro atoms. The molecule has 2 heterocycles. The number of carbonyl (C=O) groups excluding carboxylic acids is 5. The predicted molar refractivity (Wildman–Crippen MR) is 135 cm³/mol. The highest BCUT2D eigenvalue weighted by Gasteiger charge is 2.67. The lowest BCUT2D eigenvalue weighted by molar-refractivity contribution is -0.192. The van der Waals surface area contributed by atoms with Gasteiger partial charge in [-0.05, 0) is 12.8 Å². The van der Waals surface area contributed by atoms with Crippen molar-refractivity contribution in [1.29, 1.82) is 0 Å². The zero-order chi connectivity index (χ0) is 29.6. The van der Waals surface area contributed by atoms with Gasteiger partial charge in [0.2, 0.25) is 5.91 Å². The van der Waals surface area contributed by atoms with Gasteiger partial charge in [-0.3, -0.25) is 28.9 Å². The van der Waals surface area contributed by atoms with Gasteiger partial charge >= 0.3 is 17.4 Å². The number of carboxylic acids is 2. The Morgan fingerprint density at radius 1 is 1.18 bits per heavy atom. The molecular weight excluding hydrogens is 574 g/mol. The molecule has 5 N–H and O–H groups in total. The smallest absolute Gasteiger partial charge is 0.404 e. The van der Waals surface area contributed by atoms with Crippen molar-refractivity contribution in [3.63, 3.8) is 0 Å². The van der Waals surface area contributed by atoms with Crippen molar-refractivity contribution >= 4 is 64.1 Å². The van der Waals surface area contributed by atoms with Gasteiger partial charge < -0.3 is 30.7 Å². The summed E-state index contributed by atoms with van der Waals surface area (Å²) in [5.74, 6) is -6.90. The summed E-state index contributed by atoms with van der Waals surface area (Å²) in [7, 11) is 1.11. The lowest BCUT2D eigenvalue weighted by atomic mass is 9.77. The van der Waals surface area contributed by atoms with Gasteiger partial charge in [0.25, 0.3) is 11.6 Å². The number of nitrogens with two attached hydrogens (primary N) is 1. The van der Waals surface area contributed by atoms with Crippen molar-refractivity contribution in [2.75, 3.05) is 19.5 Å². The summed E-state index contributed by atoms with van der Waals surface area (Å²) >= 11 is 6.17. The van der Waals surface area contributed by atoms with Gasteiger partial charge in [-0.2, -0.15) is 0 Å². The third-order valence-corrected chi connectivity index (χ3v) is 8.51. The molecule has 14 nitrogen and oxygen atoms in total. The third-order valence-electron chi connectivity index (χ3n) is 7.03. The summed E-state index contributed by atoms with van der Waals surface area (Å²) in [6, 6.07) is 4.19. The number of hydrogen-bond donors (Lipinski definition) is 4. The van der Waals surface area contributed by atoms with E-state index >= 15 is 0 Å².